The largest absolute Gasteiger partial charge is 0.391 e. The Morgan fingerprint density at radius 2 is 2.11 bits per heavy atom. The Hall–Kier alpha value is -1.62. The molecule has 0 spiro atoms. The first-order valence-corrected chi connectivity index (χ1v) is 6.79. The van der Waals surface area contributed by atoms with Crippen molar-refractivity contribution in [2.24, 2.45) is 0 Å². The van der Waals surface area contributed by atoms with E-state index in [9.17, 15) is 9.90 Å². The Morgan fingerprint density at radius 3 is 2.84 bits per heavy atom. The molecule has 1 saturated carbocycles. The average Bonchev–Trinajstić information content (AvgIpc) is 2.54. The Balaban J connectivity index is 2.07. The summed E-state index contributed by atoms with van der Waals surface area (Å²) < 4.78 is 0. The number of pyridine rings is 1. The number of hydrogen-bond acceptors (Lipinski definition) is 4. The second-order valence-corrected chi connectivity index (χ2v) is 5.21. The average molecular weight is 263 g/mol. The van der Waals surface area contributed by atoms with Crippen LogP contribution in [0.1, 0.15) is 48.2 Å². The highest BCUT2D eigenvalue weighted by Crippen LogP contribution is 2.18. The summed E-state index contributed by atoms with van der Waals surface area (Å²) in [5.74, 6) is 0.148. The molecule has 5 nitrogen and oxygen atoms in total. The van der Waals surface area contributed by atoms with Crippen molar-refractivity contribution in [2.45, 2.75) is 51.2 Å². The van der Waals surface area contributed by atoms with Crippen molar-refractivity contribution in [1.29, 1.82) is 0 Å². The van der Waals surface area contributed by atoms with E-state index < -0.39 is 6.10 Å². The van der Waals surface area contributed by atoms with E-state index in [1.54, 1.807) is 19.1 Å². The Morgan fingerprint density at radius 1 is 1.37 bits per heavy atom. The number of nitrogen functional groups attached to an aromatic ring is 1. The third-order valence-electron chi connectivity index (χ3n) is 3.53. The first kappa shape index (κ1) is 13.8. The fraction of sp³-hybridized carbons (Fsp3) is 0.571. The van der Waals surface area contributed by atoms with Gasteiger partial charge in [0.05, 0.1) is 12.1 Å². The van der Waals surface area contributed by atoms with Crippen LogP contribution < -0.4 is 11.1 Å². The maximum atomic E-state index is 12.2. The predicted molar refractivity (Wildman–Crippen MR) is 73.7 cm³/mol. The second-order valence-electron chi connectivity index (χ2n) is 5.21. The number of carbonyl (C=O) groups is 1. The highest BCUT2D eigenvalue weighted by molar-refractivity contribution is 5.95. The molecule has 1 aliphatic rings. The highest BCUT2D eigenvalue weighted by atomic mass is 16.3. The molecule has 0 bridgehead atoms. The zero-order chi connectivity index (χ0) is 13.8. The van der Waals surface area contributed by atoms with E-state index in [4.69, 9.17) is 5.73 Å². The second kappa shape index (κ2) is 6.02. The molecule has 0 aromatic carbocycles. The van der Waals surface area contributed by atoms with Crippen molar-refractivity contribution in [1.82, 2.24) is 10.3 Å². The van der Waals surface area contributed by atoms with Gasteiger partial charge in [-0.25, -0.2) is 4.98 Å². The van der Waals surface area contributed by atoms with Crippen LogP contribution in [0.2, 0.25) is 0 Å². The molecule has 1 fully saturated rings. The molecule has 0 radical (unpaired) electrons. The van der Waals surface area contributed by atoms with Crippen LogP contribution in [-0.2, 0) is 0 Å². The van der Waals surface area contributed by atoms with Gasteiger partial charge in [-0.05, 0) is 31.9 Å². The third kappa shape index (κ3) is 3.67. The summed E-state index contributed by atoms with van der Waals surface area (Å²) in [6.45, 7) is 1.80. The number of anilines is 1. The van der Waals surface area contributed by atoms with Gasteiger partial charge in [-0.15, -0.1) is 0 Å². The molecule has 19 heavy (non-hydrogen) atoms. The molecule has 1 heterocycles. The summed E-state index contributed by atoms with van der Waals surface area (Å²) in [5.41, 5.74) is 6.86. The molecular weight excluding hydrogens is 242 g/mol. The monoisotopic (exact) mass is 263 g/mol. The van der Waals surface area contributed by atoms with Crippen LogP contribution in [0, 0.1) is 6.92 Å². The Bertz CT molecular complexity index is 442. The lowest BCUT2D eigenvalue weighted by Gasteiger charge is -2.21. The number of aliphatic hydroxyl groups is 1. The Kier molecular flexibility index (Phi) is 4.37. The molecule has 0 aliphatic heterocycles. The van der Waals surface area contributed by atoms with Crippen molar-refractivity contribution < 1.29 is 9.90 Å². The van der Waals surface area contributed by atoms with Gasteiger partial charge in [0.25, 0.3) is 5.91 Å². The number of rotatable bonds is 2. The summed E-state index contributed by atoms with van der Waals surface area (Å²) in [7, 11) is 0. The number of carbonyl (C=O) groups excluding carboxylic acids is 1. The lowest BCUT2D eigenvalue weighted by molar-refractivity contribution is 0.0818. The van der Waals surface area contributed by atoms with Crippen LogP contribution in [0.15, 0.2) is 12.1 Å². The van der Waals surface area contributed by atoms with Crippen LogP contribution in [0.3, 0.4) is 0 Å². The fourth-order valence-corrected chi connectivity index (χ4v) is 2.53. The topological polar surface area (TPSA) is 88.2 Å². The van der Waals surface area contributed by atoms with Gasteiger partial charge in [0, 0.05) is 11.3 Å². The molecule has 0 saturated heterocycles. The molecule has 2 rings (SSSR count). The van der Waals surface area contributed by atoms with Gasteiger partial charge in [-0.2, -0.15) is 0 Å². The normalized spacial score (nSPS) is 23.7. The minimum absolute atomic E-state index is 0.162. The lowest BCUT2D eigenvalue weighted by Crippen LogP contribution is -2.42. The fourth-order valence-electron chi connectivity index (χ4n) is 2.53. The van der Waals surface area contributed by atoms with Crippen molar-refractivity contribution in [3.63, 3.8) is 0 Å². The molecule has 1 aromatic rings. The van der Waals surface area contributed by atoms with Gasteiger partial charge in [-0.3, -0.25) is 4.79 Å². The summed E-state index contributed by atoms with van der Waals surface area (Å²) in [5, 5.41) is 12.9. The van der Waals surface area contributed by atoms with E-state index in [1.165, 1.54) is 0 Å². The molecular formula is C14H21N3O2. The van der Waals surface area contributed by atoms with Gasteiger partial charge >= 0.3 is 0 Å². The van der Waals surface area contributed by atoms with E-state index in [2.05, 4.69) is 10.3 Å². The van der Waals surface area contributed by atoms with E-state index in [0.717, 1.165) is 32.1 Å². The van der Waals surface area contributed by atoms with Gasteiger partial charge in [-0.1, -0.05) is 19.3 Å². The van der Waals surface area contributed by atoms with Crippen LogP contribution >= 0.6 is 0 Å². The van der Waals surface area contributed by atoms with E-state index in [1.807, 2.05) is 0 Å². The van der Waals surface area contributed by atoms with Gasteiger partial charge in [0.1, 0.15) is 5.82 Å². The maximum absolute atomic E-state index is 12.2. The van der Waals surface area contributed by atoms with E-state index in [-0.39, 0.29) is 11.9 Å². The minimum atomic E-state index is -0.452. The summed E-state index contributed by atoms with van der Waals surface area (Å²) in [6, 6.07) is 3.10. The summed E-state index contributed by atoms with van der Waals surface area (Å²) >= 11 is 0. The van der Waals surface area contributed by atoms with E-state index in [0.29, 0.717) is 17.1 Å². The molecule has 1 aromatic heterocycles. The summed E-state index contributed by atoms with van der Waals surface area (Å²) in [6.07, 6.45) is 4.31. The van der Waals surface area contributed by atoms with Gasteiger partial charge in [0.15, 0.2) is 0 Å². The number of aryl methyl sites for hydroxylation is 1. The van der Waals surface area contributed by atoms with Gasteiger partial charge in [0.2, 0.25) is 0 Å². The molecule has 2 unspecified atom stereocenters. The van der Waals surface area contributed by atoms with Crippen LogP contribution in [-0.4, -0.2) is 28.1 Å². The molecule has 1 aliphatic carbocycles. The van der Waals surface area contributed by atoms with Crippen molar-refractivity contribution in [2.75, 3.05) is 5.73 Å². The van der Waals surface area contributed by atoms with Crippen molar-refractivity contribution in [3.8, 4) is 0 Å². The maximum Gasteiger partial charge on any atom is 0.251 e. The van der Waals surface area contributed by atoms with Crippen molar-refractivity contribution in [3.05, 3.63) is 23.4 Å². The first-order chi connectivity index (χ1) is 9.06. The number of hydrogen-bond donors (Lipinski definition) is 3. The first-order valence-electron chi connectivity index (χ1n) is 6.79. The minimum Gasteiger partial charge on any atom is -0.391 e. The van der Waals surface area contributed by atoms with Crippen molar-refractivity contribution >= 4 is 11.7 Å². The molecule has 1 amide bonds. The van der Waals surface area contributed by atoms with Crippen LogP contribution in [0.5, 0.6) is 0 Å². The molecule has 2 atom stereocenters. The predicted octanol–water partition coefficient (Wildman–Crippen LogP) is 1.40. The molecule has 104 valence electrons. The standard InChI is InChI=1S/C14H21N3O2/c1-9-7-10(8-13(15)16-9)14(19)17-11-5-3-2-4-6-12(11)18/h7-8,11-12,18H,2-6H2,1H3,(H2,15,16)(H,17,19). The molecule has 4 N–H and O–H groups in total. The SMILES string of the molecule is Cc1cc(C(=O)NC2CCCCCC2O)cc(N)n1. The zero-order valence-corrected chi connectivity index (χ0v) is 11.2. The van der Waals surface area contributed by atoms with Crippen LogP contribution in [0.4, 0.5) is 5.82 Å². The number of nitrogens with one attached hydrogen (secondary N) is 1. The van der Waals surface area contributed by atoms with E-state index >= 15 is 0 Å². The smallest absolute Gasteiger partial charge is 0.251 e. The highest BCUT2D eigenvalue weighted by Gasteiger charge is 2.23. The number of nitrogens with two attached hydrogens (primary N) is 1. The van der Waals surface area contributed by atoms with Gasteiger partial charge < -0.3 is 16.2 Å². The summed E-state index contributed by atoms with van der Waals surface area (Å²) in [4.78, 5) is 16.2. The zero-order valence-electron chi connectivity index (χ0n) is 11.2. The number of amides is 1. The molecule has 5 heteroatoms. The Labute approximate surface area is 113 Å². The number of aliphatic hydroxyl groups excluding tert-OH is 1. The van der Waals surface area contributed by atoms with Crippen LogP contribution in [0.25, 0.3) is 0 Å². The quantitative estimate of drug-likeness (QED) is 0.704. The third-order valence-corrected chi connectivity index (χ3v) is 3.53. The number of nitrogens with zero attached hydrogens (tertiary/aromatic N) is 1. The lowest BCUT2D eigenvalue weighted by atomic mass is 10.1. The number of aromatic nitrogens is 1.